The highest BCUT2D eigenvalue weighted by molar-refractivity contribution is 5.19. The van der Waals surface area contributed by atoms with Gasteiger partial charge in [0.1, 0.15) is 0 Å². The van der Waals surface area contributed by atoms with Gasteiger partial charge < -0.3 is 9.84 Å². The molecule has 0 aromatic carbocycles. The maximum Gasteiger partial charge on any atom is 0.213 e. The molecule has 88 valence electrons. The average molecular weight is 221 g/mol. The van der Waals surface area contributed by atoms with E-state index in [1.54, 1.807) is 12.3 Å². The standard InChI is InChI=1S/C13H19NO2/c15-9-12-6-7-14-13(8-12)16-10-11-4-2-1-3-5-11/h6-8,11,15H,1-5,9-10H2. The first-order chi connectivity index (χ1) is 7.88. The van der Waals surface area contributed by atoms with Crippen LogP contribution in [0.15, 0.2) is 18.3 Å². The van der Waals surface area contributed by atoms with Gasteiger partial charge in [0.25, 0.3) is 0 Å². The van der Waals surface area contributed by atoms with E-state index in [4.69, 9.17) is 9.84 Å². The molecule has 2 rings (SSSR count). The lowest BCUT2D eigenvalue weighted by Gasteiger charge is -2.21. The van der Waals surface area contributed by atoms with E-state index >= 15 is 0 Å². The van der Waals surface area contributed by atoms with Gasteiger partial charge >= 0.3 is 0 Å². The van der Waals surface area contributed by atoms with Crippen LogP contribution in [0.3, 0.4) is 0 Å². The van der Waals surface area contributed by atoms with Crippen molar-refractivity contribution in [1.29, 1.82) is 0 Å². The van der Waals surface area contributed by atoms with Gasteiger partial charge in [-0.15, -0.1) is 0 Å². The van der Waals surface area contributed by atoms with Crippen LogP contribution in [0.25, 0.3) is 0 Å². The number of pyridine rings is 1. The summed E-state index contributed by atoms with van der Waals surface area (Å²) in [6.45, 7) is 0.810. The van der Waals surface area contributed by atoms with Crippen LogP contribution < -0.4 is 4.74 Å². The second-order valence-corrected chi connectivity index (χ2v) is 4.48. The van der Waals surface area contributed by atoms with Crippen molar-refractivity contribution in [3.05, 3.63) is 23.9 Å². The molecule has 3 nitrogen and oxygen atoms in total. The maximum absolute atomic E-state index is 9.00. The topological polar surface area (TPSA) is 42.4 Å². The molecule has 0 saturated heterocycles. The summed E-state index contributed by atoms with van der Waals surface area (Å²) in [5.74, 6) is 1.32. The van der Waals surface area contributed by atoms with Crippen LogP contribution in [0.2, 0.25) is 0 Å². The smallest absolute Gasteiger partial charge is 0.213 e. The predicted molar refractivity (Wildman–Crippen MR) is 62.2 cm³/mol. The van der Waals surface area contributed by atoms with Crippen LogP contribution in [0.4, 0.5) is 0 Å². The predicted octanol–water partition coefficient (Wildman–Crippen LogP) is 2.53. The summed E-state index contributed by atoms with van der Waals surface area (Å²) in [7, 11) is 0. The van der Waals surface area contributed by atoms with Gasteiger partial charge in [-0.3, -0.25) is 0 Å². The SMILES string of the molecule is OCc1ccnc(OCC2CCCCC2)c1. The highest BCUT2D eigenvalue weighted by Gasteiger charge is 2.14. The van der Waals surface area contributed by atoms with E-state index < -0.39 is 0 Å². The first-order valence-corrected chi connectivity index (χ1v) is 6.07. The molecule has 1 fully saturated rings. The second kappa shape index (κ2) is 5.85. The summed E-state index contributed by atoms with van der Waals surface area (Å²) >= 11 is 0. The number of aromatic nitrogens is 1. The Bertz CT molecular complexity index is 321. The lowest BCUT2D eigenvalue weighted by Crippen LogP contribution is -2.15. The van der Waals surface area contributed by atoms with E-state index in [0.717, 1.165) is 12.2 Å². The van der Waals surface area contributed by atoms with Crippen molar-refractivity contribution in [2.75, 3.05) is 6.61 Å². The Balaban J connectivity index is 1.83. The van der Waals surface area contributed by atoms with E-state index in [2.05, 4.69) is 4.98 Å². The molecule has 0 aliphatic heterocycles. The number of rotatable bonds is 4. The fraction of sp³-hybridized carbons (Fsp3) is 0.615. The van der Waals surface area contributed by atoms with Gasteiger partial charge in [-0.25, -0.2) is 4.98 Å². The highest BCUT2D eigenvalue weighted by Crippen LogP contribution is 2.24. The van der Waals surface area contributed by atoms with Gasteiger partial charge in [0.2, 0.25) is 5.88 Å². The molecular weight excluding hydrogens is 202 g/mol. The van der Waals surface area contributed by atoms with E-state index in [-0.39, 0.29) is 6.61 Å². The normalized spacial score (nSPS) is 17.3. The Morgan fingerprint density at radius 2 is 2.12 bits per heavy atom. The monoisotopic (exact) mass is 221 g/mol. The molecule has 0 radical (unpaired) electrons. The van der Waals surface area contributed by atoms with E-state index in [1.807, 2.05) is 6.07 Å². The Labute approximate surface area is 96.5 Å². The van der Waals surface area contributed by atoms with Crippen LogP contribution in [0, 0.1) is 5.92 Å². The summed E-state index contributed by atoms with van der Waals surface area (Å²) < 4.78 is 5.67. The summed E-state index contributed by atoms with van der Waals surface area (Å²) in [4.78, 5) is 4.14. The zero-order valence-electron chi connectivity index (χ0n) is 9.56. The largest absolute Gasteiger partial charge is 0.477 e. The molecule has 1 aromatic rings. The Kier molecular flexibility index (Phi) is 4.17. The molecule has 0 unspecified atom stereocenters. The van der Waals surface area contributed by atoms with Crippen LogP contribution in [-0.4, -0.2) is 16.7 Å². The molecule has 1 N–H and O–H groups in total. The summed E-state index contributed by atoms with van der Waals surface area (Å²) in [5, 5.41) is 9.00. The van der Waals surface area contributed by atoms with Gasteiger partial charge in [-0.2, -0.15) is 0 Å². The Hall–Kier alpha value is -1.09. The molecule has 1 saturated carbocycles. The van der Waals surface area contributed by atoms with E-state index in [1.165, 1.54) is 32.1 Å². The molecule has 0 amide bonds. The van der Waals surface area contributed by atoms with Crippen molar-refractivity contribution < 1.29 is 9.84 Å². The second-order valence-electron chi connectivity index (χ2n) is 4.48. The quantitative estimate of drug-likeness (QED) is 0.849. The third-order valence-electron chi connectivity index (χ3n) is 3.17. The number of hydrogen-bond donors (Lipinski definition) is 1. The lowest BCUT2D eigenvalue weighted by molar-refractivity contribution is 0.202. The molecule has 0 spiro atoms. The first kappa shape index (κ1) is 11.4. The van der Waals surface area contributed by atoms with Crippen molar-refractivity contribution in [3.63, 3.8) is 0 Å². The number of nitrogens with zero attached hydrogens (tertiary/aromatic N) is 1. The molecule has 0 bridgehead atoms. The van der Waals surface area contributed by atoms with Crippen LogP contribution in [-0.2, 0) is 6.61 Å². The minimum Gasteiger partial charge on any atom is -0.477 e. The molecule has 1 heterocycles. The zero-order chi connectivity index (χ0) is 11.2. The molecule has 0 atom stereocenters. The van der Waals surface area contributed by atoms with E-state index in [0.29, 0.717) is 11.8 Å². The molecular formula is C13H19NO2. The van der Waals surface area contributed by atoms with E-state index in [9.17, 15) is 0 Å². The molecule has 1 aliphatic rings. The number of hydrogen-bond acceptors (Lipinski definition) is 3. The van der Waals surface area contributed by atoms with Crippen LogP contribution in [0.5, 0.6) is 5.88 Å². The van der Waals surface area contributed by atoms with Gasteiger partial charge in [0.05, 0.1) is 13.2 Å². The van der Waals surface area contributed by atoms with Gasteiger partial charge in [0.15, 0.2) is 0 Å². The maximum atomic E-state index is 9.00. The number of aliphatic hydroxyl groups is 1. The number of ether oxygens (including phenoxy) is 1. The highest BCUT2D eigenvalue weighted by atomic mass is 16.5. The Morgan fingerprint density at radius 1 is 1.31 bits per heavy atom. The third kappa shape index (κ3) is 3.20. The van der Waals surface area contributed by atoms with Crippen molar-refractivity contribution in [1.82, 2.24) is 4.98 Å². The third-order valence-corrected chi connectivity index (χ3v) is 3.17. The lowest BCUT2D eigenvalue weighted by atomic mass is 9.90. The molecule has 1 aromatic heterocycles. The summed E-state index contributed by atoms with van der Waals surface area (Å²) in [6.07, 6.45) is 8.27. The minimum absolute atomic E-state index is 0.0440. The summed E-state index contributed by atoms with van der Waals surface area (Å²) in [5.41, 5.74) is 0.855. The average Bonchev–Trinajstić information content (AvgIpc) is 2.38. The van der Waals surface area contributed by atoms with Crippen molar-refractivity contribution in [3.8, 4) is 5.88 Å². The Morgan fingerprint density at radius 3 is 2.88 bits per heavy atom. The van der Waals surface area contributed by atoms with Gasteiger partial charge in [-0.05, 0) is 30.4 Å². The first-order valence-electron chi connectivity index (χ1n) is 6.07. The fourth-order valence-electron chi connectivity index (χ4n) is 2.18. The van der Waals surface area contributed by atoms with Crippen molar-refractivity contribution in [2.24, 2.45) is 5.92 Å². The zero-order valence-corrected chi connectivity index (χ0v) is 9.56. The minimum atomic E-state index is 0.0440. The van der Waals surface area contributed by atoms with Gasteiger partial charge in [0, 0.05) is 12.3 Å². The summed E-state index contributed by atoms with van der Waals surface area (Å²) in [6, 6.07) is 3.61. The number of aliphatic hydroxyl groups excluding tert-OH is 1. The van der Waals surface area contributed by atoms with Crippen molar-refractivity contribution >= 4 is 0 Å². The molecule has 3 heteroatoms. The molecule has 1 aliphatic carbocycles. The fourth-order valence-corrected chi connectivity index (χ4v) is 2.18. The van der Waals surface area contributed by atoms with Gasteiger partial charge in [-0.1, -0.05) is 19.3 Å². The van der Waals surface area contributed by atoms with Crippen molar-refractivity contribution in [2.45, 2.75) is 38.7 Å². The van der Waals surface area contributed by atoms with Crippen LogP contribution >= 0.6 is 0 Å². The van der Waals surface area contributed by atoms with Crippen LogP contribution in [0.1, 0.15) is 37.7 Å². The molecule has 16 heavy (non-hydrogen) atoms.